The van der Waals surface area contributed by atoms with Gasteiger partial charge in [-0.3, -0.25) is 9.59 Å². The molecule has 2 aromatic carbocycles. The zero-order valence-corrected chi connectivity index (χ0v) is 14.4. The summed E-state index contributed by atoms with van der Waals surface area (Å²) in [6.45, 7) is 1.90. The SMILES string of the molecule is CC1CC(=O)c2c(OCC(=O)NCc3ccc(Cl)cc3)ccc(F)c21. The molecule has 130 valence electrons. The lowest BCUT2D eigenvalue weighted by molar-refractivity contribution is -0.123. The summed E-state index contributed by atoms with van der Waals surface area (Å²) < 4.78 is 19.4. The molecule has 1 aliphatic rings. The van der Waals surface area contributed by atoms with E-state index in [9.17, 15) is 14.0 Å². The van der Waals surface area contributed by atoms with Crippen LogP contribution in [-0.2, 0) is 11.3 Å². The first-order chi connectivity index (χ1) is 12.0. The molecule has 0 aromatic heterocycles. The third-order valence-electron chi connectivity index (χ3n) is 4.18. The lowest BCUT2D eigenvalue weighted by Crippen LogP contribution is -2.28. The molecule has 25 heavy (non-hydrogen) atoms. The first kappa shape index (κ1) is 17.4. The van der Waals surface area contributed by atoms with Crippen LogP contribution in [0.4, 0.5) is 4.39 Å². The van der Waals surface area contributed by atoms with E-state index in [1.54, 1.807) is 19.1 Å². The minimum absolute atomic E-state index is 0.154. The number of ether oxygens (including phenoxy) is 1. The fourth-order valence-electron chi connectivity index (χ4n) is 2.94. The average molecular weight is 362 g/mol. The summed E-state index contributed by atoms with van der Waals surface area (Å²) >= 11 is 5.81. The van der Waals surface area contributed by atoms with E-state index in [4.69, 9.17) is 16.3 Å². The first-order valence-corrected chi connectivity index (χ1v) is 8.33. The molecular formula is C19H17ClFNO3. The quantitative estimate of drug-likeness (QED) is 0.879. The van der Waals surface area contributed by atoms with Gasteiger partial charge in [0.1, 0.15) is 11.6 Å². The highest BCUT2D eigenvalue weighted by Crippen LogP contribution is 2.39. The van der Waals surface area contributed by atoms with Crippen molar-refractivity contribution in [2.75, 3.05) is 6.61 Å². The number of nitrogens with one attached hydrogen (secondary N) is 1. The molecule has 2 aromatic rings. The van der Waals surface area contributed by atoms with E-state index in [0.717, 1.165) is 5.56 Å². The predicted octanol–water partition coefficient (Wildman–Crippen LogP) is 3.86. The maximum absolute atomic E-state index is 13.9. The van der Waals surface area contributed by atoms with E-state index in [0.29, 0.717) is 17.1 Å². The highest BCUT2D eigenvalue weighted by atomic mass is 35.5. The van der Waals surface area contributed by atoms with Crippen LogP contribution in [0.5, 0.6) is 5.75 Å². The van der Waals surface area contributed by atoms with Crippen LogP contribution < -0.4 is 10.1 Å². The second kappa shape index (κ2) is 7.23. The molecular weight excluding hydrogens is 345 g/mol. The second-order valence-corrected chi connectivity index (χ2v) is 6.49. The maximum atomic E-state index is 13.9. The summed E-state index contributed by atoms with van der Waals surface area (Å²) in [5.74, 6) is -0.810. The zero-order valence-electron chi connectivity index (χ0n) is 13.6. The van der Waals surface area contributed by atoms with Gasteiger partial charge >= 0.3 is 0 Å². The molecule has 1 N–H and O–H groups in total. The van der Waals surface area contributed by atoms with Gasteiger partial charge in [-0.15, -0.1) is 0 Å². The Balaban J connectivity index is 1.61. The third kappa shape index (κ3) is 3.82. The van der Waals surface area contributed by atoms with Gasteiger partial charge in [-0.2, -0.15) is 0 Å². The van der Waals surface area contributed by atoms with E-state index >= 15 is 0 Å². The summed E-state index contributed by atoms with van der Waals surface area (Å²) in [7, 11) is 0. The van der Waals surface area contributed by atoms with Crippen molar-refractivity contribution in [2.24, 2.45) is 0 Å². The van der Waals surface area contributed by atoms with Gasteiger partial charge in [0, 0.05) is 23.6 Å². The fraction of sp³-hybridized carbons (Fsp3) is 0.263. The second-order valence-electron chi connectivity index (χ2n) is 6.05. The highest BCUT2D eigenvalue weighted by molar-refractivity contribution is 6.30. The van der Waals surface area contributed by atoms with E-state index in [1.807, 2.05) is 12.1 Å². The number of Topliss-reactive ketones (excluding diaryl/α,β-unsaturated/α-hetero) is 1. The lowest BCUT2D eigenvalue weighted by Gasteiger charge is -2.12. The number of hydrogen-bond acceptors (Lipinski definition) is 3. The van der Waals surface area contributed by atoms with Crippen molar-refractivity contribution in [3.63, 3.8) is 0 Å². The first-order valence-electron chi connectivity index (χ1n) is 7.95. The average Bonchev–Trinajstić information content (AvgIpc) is 2.89. The van der Waals surface area contributed by atoms with E-state index in [-0.39, 0.29) is 41.9 Å². The topological polar surface area (TPSA) is 55.4 Å². The Bertz CT molecular complexity index is 820. The smallest absolute Gasteiger partial charge is 0.258 e. The van der Waals surface area contributed by atoms with Crippen LogP contribution in [0.3, 0.4) is 0 Å². The molecule has 0 heterocycles. The minimum Gasteiger partial charge on any atom is -0.483 e. The summed E-state index contributed by atoms with van der Waals surface area (Å²) in [4.78, 5) is 24.0. The number of rotatable bonds is 5. The van der Waals surface area contributed by atoms with Gasteiger partial charge in [0.15, 0.2) is 12.4 Å². The Hall–Kier alpha value is -2.40. The van der Waals surface area contributed by atoms with Crippen molar-refractivity contribution < 1.29 is 18.7 Å². The van der Waals surface area contributed by atoms with E-state index in [1.165, 1.54) is 12.1 Å². The van der Waals surface area contributed by atoms with E-state index in [2.05, 4.69) is 5.32 Å². The molecule has 1 atom stereocenters. The molecule has 0 aliphatic heterocycles. The van der Waals surface area contributed by atoms with Crippen LogP contribution in [0, 0.1) is 5.82 Å². The molecule has 0 fully saturated rings. The molecule has 0 saturated carbocycles. The van der Waals surface area contributed by atoms with Gasteiger partial charge in [0.25, 0.3) is 5.91 Å². The van der Waals surface area contributed by atoms with Gasteiger partial charge < -0.3 is 10.1 Å². The van der Waals surface area contributed by atoms with Crippen molar-refractivity contribution in [1.29, 1.82) is 0 Å². The standard InChI is InChI=1S/C19H17ClFNO3/c1-11-8-15(23)19-16(7-6-14(21)18(11)19)25-10-17(24)22-9-12-2-4-13(20)5-3-12/h2-7,11H,8-10H2,1H3,(H,22,24). The Kier molecular flexibility index (Phi) is 5.04. The number of carbonyl (C=O) groups is 2. The van der Waals surface area contributed by atoms with Crippen molar-refractivity contribution in [3.05, 3.63) is 63.9 Å². The van der Waals surface area contributed by atoms with Gasteiger partial charge in [-0.05, 0) is 35.7 Å². The number of benzene rings is 2. The third-order valence-corrected chi connectivity index (χ3v) is 4.43. The van der Waals surface area contributed by atoms with Crippen molar-refractivity contribution in [3.8, 4) is 5.75 Å². The predicted molar refractivity (Wildman–Crippen MR) is 92.6 cm³/mol. The van der Waals surface area contributed by atoms with Gasteiger partial charge in [-0.25, -0.2) is 4.39 Å². The monoisotopic (exact) mass is 361 g/mol. The molecule has 6 heteroatoms. The molecule has 0 spiro atoms. The van der Waals surface area contributed by atoms with Crippen molar-refractivity contribution in [2.45, 2.75) is 25.8 Å². The van der Waals surface area contributed by atoms with Gasteiger partial charge in [0.2, 0.25) is 0 Å². The zero-order chi connectivity index (χ0) is 18.0. The largest absolute Gasteiger partial charge is 0.483 e. The van der Waals surface area contributed by atoms with E-state index < -0.39 is 5.82 Å². The van der Waals surface area contributed by atoms with Crippen LogP contribution in [-0.4, -0.2) is 18.3 Å². The molecule has 1 aliphatic carbocycles. The van der Waals surface area contributed by atoms with Crippen LogP contribution in [0.1, 0.15) is 40.7 Å². The normalized spacial score (nSPS) is 15.8. The number of carbonyl (C=O) groups excluding carboxylic acids is 2. The maximum Gasteiger partial charge on any atom is 0.258 e. The fourth-order valence-corrected chi connectivity index (χ4v) is 3.07. The highest BCUT2D eigenvalue weighted by Gasteiger charge is 2.32. The number of fused-ring (bicyclic) bond motifs is 1. The Morgan fingerprint density at radius 1 is 1.28 bits per heavy atom. The molecule has 0 bridgehead atoms. The molecule has 3 rings (SSSR count). The van der Waals surface area contributed by atoms with Crippen LogP contribution in [0.15, 0.2) is 36.4 Å². The molecule has 1 unspecified atom stereocenters. The summed E-state index contributed by atoms with van der Waals surface area (Å²) in [5.41, 5.74) is 1.55. The molecule has 4 nitrogen and oxygen atoms in total. The Morgan fingerprint density at radius 3 is 2.72 bits per heavy atom. The molecule has 1 amide bonds. The lowest BCUT2D eigenvalue weighted by atomic mass is 10.0. The minimum atomic E-state index is -0.409. The molecule has 0 radical (unpaired) electrons. The number of hydrogen-bond donors (Lipinski definition) is 1. The number of ketones is 1. The van der Waals surface area contributed by atoms with Gasteiger partial charge in [-0.1, -0.05) is 30.7 Å². The van der Waals surface area contributed by atoms with Crippen LogP contribution in [0.2, 0.25) is 5.02 Å². The number of amides is 1. The van der Waals surface area contributed by atoms with Crippen molar-refractivity contribution in [1.82, 2.24) is 5.32 Å². The van der Waals surface area contributed by atoms with Gasteiger partial charge in [0.05, 0.1) is 5.56 Å². The van der Waals surface area contributed by atoms with Crippen LogP contribution in [0.25, 0.3) is 0 Å². The van der Waals surface area contributed by atoms with Crippen LogP contribution >= 0.6 is 11.6 Å². The Morgan fingerprint density at radius 2 is 2.00 bits per heavy atom. The Labute approximate surface area is 149 Å². The molecule has 0 saturated heterocycles. The van der Waals surface area contributed by atoms with Crippen molar-refractivity contribution >= 4 is 23.3 Å². The summed E-state index contributed by atoms with van der Waals surface area (Å²) in [5, 5.41) is 3.35. The summed E-state index contributed by atoms with van der Waals surface area (Å²) in [6, 6.07) is 9.79. The summed E-state index contributed by atoms with van der Waals surface area (Å²) in [6.07, 6.45) is 0.259. The number of halogens is 2.